The third-order valence-corrected chi connectivity index (χ3v) is 2.96. The van der Waals surface area contributed by atoms with Crippen LogP contribution in [0.2, 0.25) is 0 Å². The lowest BCUT2D eigenvalue weighted by atomic mass is 10.1. The third kappa shape index (κ3) is 4.37. The van der Waals surface area contributed by atoms with Gasteiger partial charge in [0.15, 0.2) is 0 Å². The first-order valence-electron chi connectivity index (χ1n) is 6.32. The van der Waals surface area contributed by atoms with E-state index < -0.39 is 6.04 Å². The van der Waals surface area contributed by atoms with Crippen molar-refractivity contribution >= 4 is 11.6 Å². The molecule has 0 aromatic heterocycles. The Morgan fingerprint density at radius 1 is 1.33 bits per heavy atom. The number of amides is 1. The van der Waals surface area contributed by atoms with Crippen molar-refractivity contribution in [2.75, 3.05) is 25.0 Å². The van der Waals surface area contributed by atoms with Crippen LogP contribution in [-0.4, -0.2) is 32.1 Å². The minimum Gasteiger partial charge on any atom is -0.373 e. The Morgan fingerprint density at radius 3 is 2.50 bits per heavy atom. The van der Waals surface area contributed by atoms with E-state index in [1.807, 2.05) is 51.2 Å². The van der Waals surface area contributed by atoms with Crippen molar-refractivity contribution < 1.29 is 4.79 Å². The standard InChI is InChI=1S/C14H23N3O/c1-11(2)13(15)14(18)16-9-10-17(3)12-7-5-4-6-8-12/h4-8,11,13H,9-10,15H2,1-3H3,(H,16,18). The van der Waals surface area contributed by atoms with Crippen molar-refractivity contribution in [1.29, 1.82) is 0 Å². The normalized spacial score (nSPS) is 12.3. The summed E-state index contributed by atoms with van der Waals surface area (Å²) in [7, 11) is 2.00. The van der Waals surface area contributed by atoms with E-state index in [0.29, 0.717) is 6.54 Å². The quantitative estimate of drug-likeness (QED) is 0.797. The van der Waals surface area contributed by atoms with Gasteiger partial charge in [0.1, 0.15) is 0 Å². The van der Waals surface area contributed by atoms with Crippen molar-refractivity contribution in [3.05, 3.63) is 30.3 Å². The molecule has 1 amide bonds. The Bertz CT molecular complexity index is 365. The van der Waals surface area contributed by atoms with Crippen molar-refractivity contribution in [2.45, 2.75) is 19.9 Å². The highest BCUT2D eigenvalue weighted by atomic mass is 16.2. The first-order chi connectivity index (χ1) is 8.52. The van der Waals surface area contributed by atoms with Gasteiger partial charge in [-0.25, -0.2) is 0 Å². The largest absolute Gasteiger partial charge is 0.373 e. The van der Waals surface area contributed by atoms with E-state index in [9.17, 15) is 4.79 Å². The molecule has 3 N–H and O–H groups in total. The van der Waals surface area contributed by atoms with Crippen molar-refractivity contribution in [2.24, 2.45) is 11.7 Å². The summed E-state index contributed by atoms with van der Waals surface area (Å²) in [6, 6.07) is 9.65. The van der Waals surface area contributed by atoms with E-state index in [-0.39, 0.29) is 11.8 Å². The van der Waals surface area contributed by atoms with Crippen LogP contribution in [0.25, 0.3) is 0 Å². The third-order valence-electron chi connectivity index (χ3n) is 2.96. The molecule has 0 aliphatic heterocycles. The Morgan fingerprint density at radius 2 is 1.94 bits per heavy atom. The van der Waals surface area contributed by atoms with E-state index in [2.05, 4.69) is 10.2 Å². The zero-order valence-corrected chi connectivity index (χ0v) is 11.4. The summed E-state index contributed by atoms with van der Waals surface area (Å²) < 4.78 is 0. The van der Waals surface area contributed by atoms with Gasteiger partial charge < -0.3 is 16.0 Å². The minimum atomic E-state index is -0.424. The Kier molecular flexibility index (Phi) is 5.65. The smallest absolute Gasteiger partial charge is 0.237 e. The molecule has 0 fully saturated rings. The molecule has 0 bridgehead atoms. The van der Waals surface area contributed by atoms with Gasteiger partial charge in [0.25, 0.3) is 0 Å². The van der Waals surface area contributed by atoms with Gasteiger partial charge in [0, 0.05) is 25.8 Å². The Hall–Kier alpha value is -1.55. The fourth-order valence-electron chi connectivity index (χ4n) is 1.58. The number of para-hydroxylation sites is 1. The second-order valence-electron chi connectivity index (χ2n) is 4.82. The summed E-state index contributed by atoms with van der Waals surface area (Å²) in [5, 5.41) is 2.86. The number of carbonyl (C=O) groups excluding carboxylic acids is 1. The number of rotatable bonds is 6. The number of likely N-dealkylation sites (N-methyl/N-ethyl adjacent to an activating group) is 1. The molecule has 100 valence electrons. The number of nitrogens with zero attached hydrogens (tertiary/aromatic N) is 1. The predicted octanol–water partition coefficient (Wildman–Crippen LogP) is 1.22. The maximum Gasteiger partial charge on any atom is 0.237 e. The summed E-state index contributed by atoms with van der Waals surface area (Å²) in [6.07, 6.45) is 0. The Balaban J connectivity index is 2.32. The summed E-state index contributed by atoms with van der Waals surface area (Å²) in [5.74, 6) is 0.0864. The number of hydrogen-bond donors (Lipinski definition) is 2. The van der Waals surface area contributed by atoms with Crippen LogP contribution in [0, 0.1) is 5.92 Å². The van der Waals surface area contributed by atoms with Crippen LogP contribution in [0.1, 0.15) is 13.8 Å². The lowest BCUT2D eigenvalue weighted by molar-refractivity contribution is -0.123. The lowest BCUT2D eigenvalue weighted by Gasteiger charge is -2.21. The van der Waals surface area contributed by atoms with Gasteiger partial charge in [-0.1, -0.05) is 32.0 Å². The van der Waals surface area contributed by atoms with Crippen LogP contribution >= 0.6 is 0 Å². The fraction of sp³-hybridized carbons (Fsp3) is 0.500. The van der Waals surface area contributed by atoms with Gasteiger partial charge in [0.2, 0.25) is 5.91 Å². The highest BCUT2D eigenvalue weighted by Gasteiger charge is 2.16. The summed E-state index contributed by atoms with van der Waals surface area (Å²) >= 11 is 0. The molecule has 1 atom stereocenters. The summed E-state index contributed by atoms with van der Waals surface area (Å²) in [6.45, 7) is 5.26. The van der Waals surface area contributed by atoms with Crippen molar-refractivity contribution in [3.63, 3.8) is 0 Å². The molecule has 0 spiro atoms. The van der Waals surface area contributed by atoms with Gasteiger partial charge in [-0.2, -0.15) is 0 Å². The molecule has 1 aromatic rings. The molecule has 1 rings (SSSR count). The SMILES string of the molecule is CC(C)C(N)C(=O)NCCN(C)c1ccccc1. The minimum absolute atomic E-state index is 0.0774. The molecule has 4 nitrogen and oxygen atoms in total. The maximum atomic E-state index is 11.6. The first-order valence-corrected chi connectivity index (χ1v) is 6.32. The Labute approximate surface area is 109 Å². The highest BCUT2D eigenvalue weighted by Crippen LogP contribution is 2.09. The lowest BCUT2D eigenvalue weighted by Crippen LogP contribution is -2.45. The van der Waals surface area contributed by atoms with Crippen molar-refractivity contribution in [1.82, 2.24) is 5.32 Å². The zero-order chi connectivity index (χ0) is 13.5. The van der Waals surface area contributed by atoms with Crippen LogP contribution in [0.4, 0.5) is 5.69 Å². The van der Waals surface area contributed by atoms with Crippen LogP contribution in [-0.2, 0) is 4.79 Å². The van der Waals surface area contributed by atoms with E-state index in [1.165, 1.54) is 0 Å². The second-order valence-corrected chi connectivity index (χ2v) is 4.82. The number of anilines is 1. The summed E-state index contributed by atoms with van der Waals surface area (Å²) in [4.78, 5) is 13.7. The average molecular weight is 249 g/mol. The summed E-state index contributed by atoms with van der Waals surface area (Å²) in [5.41, 5.74) is 6.90. The zero-order valence-electron chi connectivity index (χ0n) is 11.4. The van der Waals surface area contributed by atoms with Gasteiger partial charge in [-0.15, -0.1) is 0 Å². The van der Waals surface area contributed by atoms with E-state index >= 15 is 0 Å². The molecule has 0 saturated heterocycles. The van der Waals surface area contributed by atoms with E-state index in [1.54, 1.807) is 0 Å². The predicted molar refractivity (Wildman–Crippen MR) is 75.5 cm³/mol. The second kappa shape index (κ2) is 7.01. The topological polar surface area (TPSA) is 58.4 Å². The molecule has 0 radical (unpaired) electrons. The molecular formula is C14H23N3O. The van der Waals surface area contributed by atoms with Crippen molar-refractivity contribution in [3.8, 4) is 0 Å². The van der Waals surface area contributed by atoms with Crippen LogP contribution < -0.4 is 16.0 Å². The highest BCUT2D eigenvalue weighted by molar-refractivity contribution is 5.81. The molecule has 1 aromatic carbocycles. The van der Waals surface area contributed by atoms with Gasteiger partial charge in [0.05, 0.1) is 6.04 Å². The van der Waals surface area contributed by atoms with Gasteiger partial charge in [-0.3, -0.25) is 4.79 Å². The van der Waals surface area contributed by atoms with Gasteiger partial charge >= 0.3 is 0 Å². The fourth-order valence-corrected chi connectivity index (χ4v) is 1.58. The molecule has 0 aliphatic rings. The van der Waals surface area contributed by atoms with E-state index in [4.69, 9.17) is 5.73 Å². The maximum absolute atomic E-state index is 11.6. The number of nitrogens with one attached hydrogen (secondary N) is 1. The number of benzene rings is 1. The molecule has 0 aliphatic carbocycles. The van der Waals surface area contributed by atoms with Crippen LogP contribution in [0.5, 0.6) is 0 Å². The number of hydrogen-bond acceptors (Lipinski definition) is 3. The molecule has 4 heteroatoms. The van der Waals surface area contributed by atoms with Crippen LogP contribution in [0.3, 0.4) is 0 Å². The number of carbonyl (C=O) groups is 1. The first kappa shape index (κ1) is 14.5. The molecular weight excluding hydrogens is 226 g/mol. The monoisotopic (exact) mass is 249 g/mol. The van der Waals surface area contributed by atoms with E-state index in [0.717, 1.165) is 12.2 Å². The van der Waals surface area contributed by atoms with Gasteiger partial charge in [-0.05, 0) is 18.1 Å². The van der Waals surface area contributed by atoms with Crippen LogP contribution in [0.15, 0.2) is 30.3 Å². The molecule has 0 saturated carbocycles. The molecule has 0 heterocycles. The molecule has 1 unspecified atom stereocenters. The molecule has 18 heavy (non-hydrogen) atoms. The average Bonchev–Trinajstić information content (AvgIpc) is 2.38. The number of nitrogens with two attached hydrogens (primary N) is 1.